The van der Waals surface area contributed by atoms with Crippen molar-refractivity contribution in [1.29, 1.82) is 0 Å². The Morgan fingerprint density at radius 1 is 1.43 bits per heavy atom. The van der Waals surface area contributed by atoms with E-state index < -0.39 is 0 Å². The van der Waals surface area contributed by atoms with Crippen LogP contribution in [0.1, 0.15) is 5.56 Å². The summed E-state index contributed by atoms with van der Waals surface area (Å²) in [6, 6.07) is 1.95. The first-order chi connectivity index (χ1) is 6.70. The van der Waals surface area contributed by atoms with Gasteiger partial charge in [-0.25, -0.2) is 4.98 Å². The smallest absolute Gasteiger partial charge is 0.131 e. The predicted molar refractivity (Wildman–Crippen MR) is 55.6 cm³/mol. The van der Waals surface area contributed by atoms with Crippen LogP contribution in [0.4, 0.5) is 5.82 Å². The van der Waals surface area contributed by atoms with Gasteiger partial charge in [0.15, 0.2) is 0 Å². The highest BCUT2D eigenvalue weighted by Crippen LogP contribution is 2.25. The second-order valence-corrected chi connectivity index (χ2v) is 3.28. The Bertz CT molecular complexity index is 459. The van der Waals surface area contributed by atoms with Gasteiger partial charge >= 0.3 is 0 Å². The first-order valence-corrected chi connectivity index (χ1v) is 4.38. The van der Waals surface area contributed by atoms with Crippen molar-refractivity contribution in [2.75, 3.05) is 5.73 Å². The monoisotopic (exact) mass is 188 g/mol. The molecule has 14 heavy (non-hydrogen) atoms. The lowest BCUT2D eigenvalue weighted by Gasteiger charge is -2.02. The minimum Gasteiger partial charge on any atom is -0.383 e. The van der Waals surface area contributed by atoms with Crippen LogP contribution in [0.5, 0.6) is 0 Å². The Labute approximate surface area is 82.4 Å². The molecule has 2 aromatic heterocycles. The van der Waals surface area contributed by atoms with E-state index in [2.05, 4.69) is 9.97 Å². The molecule has 0 radical (unpaired) electrons. The van der Waals surface area contributed by atoms with Gasteiger partial charge in [0, 0.05) is 25.0 Å². The molecular weight excluding hydrogens is 176 g/mol. The normalized spacial score (nSPS) is 10.4. The van der Waals surface area contributed by atoms with E-state index in [-0.39, 0.29) is 0 Å². The lowest BCUT2D eigenvalue weighted by molar-refractivity contribution is 0.925. The van der Waals surface area contributed by atoms with Crippen molar-refractivity contribution < 1.29 is 0 Å². The zero-order valence-corrected chi connectivity index (χ0v) is 8.23. The lowest BCUT2D eigenvalue weighted by atomic mass is 10.1. The summed E-state index contributed by atoms with van der Waals surface area (Å²) in [4.78, 5) is 8.31. The second kappa shape index (κ2) is 3.14. The maximum Gasteiger partial charge on any atom is 0.131 e. The van der Waals surface area contributed by atoms with E-state index >= 15 is 0 Å². The van der Waals surface area contributed by atoms with Crippen LogP contribution in [-0.2, 0) is 7.05 Å². The summed E-state index contributed by atoms with van der Waals surface area (Å²) in [5, 5.41) is 0. The molecule has 0 aliphatic heterocycles. The summed E-state index contributed by atoms with van der Waals surface area (Å²) in [5.74, 6) is 0.668. The molecule has 0 amide bonds. The zero-order valence-electron chi connectivity index (χ0n) is 8.23. The van der Waals surface area contributed by atoms with Crippen molar-refractivity contribution >= 4 is 5.82 Å². The van der Waals surface area contributed by atoms with Gasteiger partial charge in [-0.05, 0) is 18.6 Å². The molecule has 0 aliphatic rings. The Kier molecular flexibility index (Phi) is 1.96. The number of pyridine rings is 1. The molecule has 0 saturated heterocycles. The zero-order chi connectivity index (χ0) is 10.1. The molecule has 0 fully saturated rings. The first kappa shape index (κ1) is 8.74. The van der Waals surface area contributed by atoms with Crippen LogP contribution in [-0.4, -0.2) is 14.5 Å². The summed E-state index contributed by atoms with van der Waals surface area (Å²) < 4.78 is 1.79. The maximum atomic E-state index is 5.88. The number of rotatable bonds is 1. The van der Waals surface area contributed by atoms with Crippen LogP contribution in [0, 0.1) is 6.92 Å². The number of imidazole rings is 1. The third-order valence-electron chi connectivity index (χ3n) is 2.28. The number of nitrogens with two attached hydrogens (primary N) is 1. The van der Waals surface area contributed by atoms with E-state index in [1.54, 1.807) is 23.3 Å². The highest BCUT2D eigenvalue weighted by atomic mass is 15.1. The van der Waals surface area contributed by atoms with E-state index in [0.717, 1.165) is 16.8 Å². The van der Waals surface area contributed by atoms with Crippen molar-refractivity contribution in [3.8, 4) is 11.3 Å². The number of hydrogen-bond acceptors (Lipinski definition) is 3. The van der Waals surface area contributed by atoms with Gasteiger partial charge in [-0.2, -0.15) is 0 Å². The summed E-state index contributed by atoms with van der Waals surface area (Å²) in [5.41, 5.74) is 8.80. The van der Waals surface area contributed by atoms with Crippen molar-refractivity contribution in [3.05, 3.63) is 30.4 Å². The van der Waals surface area contributed by atoms with Crippen LogP contribution in [0.3, 0.4) is 0 Å². The van der Waals surface area contributed by atoms with Gasteiger partial charge in [-0.15, -0.1) is 0 Å². The standard InChI is InChI=1S/C10H12N4/c1-7-3-4-12-5-8(7)9-10(11)14(2)6-13-9/h3-6H,11H2,1-2H3. The van der Waals surface area contributed by atoms with Crippen molar-refractivity contribution in [2.24, 2.45) is 7.05 Å². The topological polar surface area (TPSA) is 56.7 Å². The van der Waals surface area contributed by atoms with Gasteiger partial charge in [-0.3, -0.25) is 4.98 Å². The summed E-state index contributed by atoms with van der Waals surface area (Å²) >= 11 is 0. The highest BCUT2D eigenvalue weighted by Gasteiger charge is 2.09. The molecule has 2 aromatic rings. The minimum absolute atomic E-state index is 0.668. The number of nitrogen functional groups attached to an aromatic ring is 1. The molecule has 4 nitrogen and oxygen atoms in total. The lowest BCUT2D eigenvalue weighted by Crippen LogP contribution is -1.96. The maximum absolute atomic E-state index is 5.88. The average Bonchev–Trinajstić information content (AvgIpc) is 2.49. The van der Waals surface area contributed by atoms with Crippen molar-refractivity contribution in [1.82, 2.24) is 14.5 Å². The molecule has 2 heterocycles. The summed E-state index contributed by atoms with van der Waals surface area (Å²) in [7, 11) is 1.87. The molecule has 0 aromatic carbocycles. The highest BCUT2D eigenvalue weighted by molar-refractivity contribution is 5.72. The van der Waals surface area contributed by atoms with Crippen LogP contribution < -0.4 is 5.73 Å². The van der Waals surface area contributed by atoms with E-state index in [1.165, 1.54) is 0 Å². The van der Waals surface area contributed by atoms with E-state index in [4.69, 9.17) is 5.73 Å². The Balaban J connectivity index is 2.60. The fraction of sp³-hybridized carbons (Fsp3) is 0.200. The van der Waals surface area contributed by atoms with Crippen molar-refractivity contribution in [2.45, 2.75) is 6.92 Å². The van der Waals surface area contributed by atoms with E-state index in [0.29, 0.717) is 5.82 Å². The third kappa shape index (κ3) is 1.25. The molecule has 72 valence electrons. The van der Waals surface area contributed by atoms with Crippen LogP contribution in [0.25, 0.3) is 11.3 Å². The molecule has 0 bridgehead atoms. The first-order valence-electron chi connectivity index (χ1n) is 4.38. The fourth-order valence-electron chi connectivity index (χ4n) is 1.36. The van der Waals surface area contributed by atoms with Gasteiger partial charge < -0.3 is 10.3 Å². The van der Waals surface area contributed by atoms with Gasteiger partial charge in [0.05, 0.1) is 6.33 Å². The van der Waals surface area contributed by atoms with Gasteiger partial charge in [0.1, 0.15) is 11.5 Å². The SMILES string of the molecule is Cc1ccncc1-c1ncn(C)c1N. The molecular formula is C10H12N4. The molecule has 2 rings (SSSR count). The largest absolute Gasteiger partial charge is 0.383 e. The minimum atomic E-state index is 0.668. The number of aryl methyl sites for hydroxylation is 2. The summed E-state index contributed by atoms with van der Waals surface area (Å²) in [6.07, 6.45) is 5.25. The third-order valence-corrected chi connectivity index (χ3v) is 2.28. The molecule has 4 heteroatoms. The van der Waals surface area contributed by atoms with Gasteiger partial charge in [0.25, 0.3) is 0 Å². The molecule has 0 saturated carbocycles. The van der Waals surface area contributed by atoms with Crippen LogP contribution >= 0.6 is 0 Å². The molecule has 0 unspecified atom stereocenters. The van der Waals surface area contributed by atoms with E-state index in [9.17, 15) is 0 Å². The van der Waals surface area contributed by atoms with Gasteiger partial charge in [-0.1, -0.05) is 0 Å². The van der Waals surface area contributed by atoms with Crippen molar-refractivity contribution in [3.63, 3.8) is 0 Å². The Morgan fingerprint density at radius 3 is 2.79 bits per heavy atom. The Morgan fingerprint density at radius 2 is 2.21 bits per heavy atom. The average molecular weight is 188 g/mol. The number of nitrogens with zero attached hydrogens (tertiary/aromatic N) is 3. The molecule has 2 N–H and O–H groups in total. The van der Waals surface area contributed by atoms with Crippen LogP contribution in [0.15, 0.2) is 24.8 Å². The molecule has 0 spiro atoms. The van der Waals surface area contributed by atoms with Gasteiger partial charge in [0.2, 0.25) is 0 Å². The quantitative estimate of drug-likeness (QED) is 0.735. The van der Waals surface area contributed by atoms with E-state index in [1.807, 2.05) is 20.0 Å². The molecule has 0 atom stereocenters. The Hall–Kier alpha value is -1.84. The second-order valence-electron chi connectivity index (χ2n) is 3.28. The summed E-state index contributed by atoms with van der Waals surface area (Å²) in [6.45, 7) is 2.02. The van der Waals surface area contributed by atoms with Crippen LogP contribution in [0.2, 0.25) is 0 Å². The molecule has 0 aliphatic carbocycles. The number of anilines is 1. The number of hydrogen-bond donors (Lipinski definition) is 1. The fourth-order valence-corrected chi connectivity index (χ4v) is 1.36. The number of aromatic nitrogens is 3. The predicted octanol–water partition coefficient (Wildman–Crippen LogP) is 1.37.